The van der Waals surface area contributed by atoms with Crippen LogP contribution in [0.2, 0.25) is 0 Å². The van der Waals surface area contributed by atoms with Crippen LogP contribution in [-0.2, 0) is 0 Å². The van der Waals surface area contributed by atoms with Gasteiger partial charge in [0.15, 0.2) is 0 Å². The topological polar surface area (TPSA) is 0 Å². The van der Waals surface area contributed by atoms with E-state index in [0.29, 0.717) is 0 Å². The molecule has 0 radical (unpaired) electrons. The lowest BCUT2D eigenvalue weighted by atomic mass is 10.0. The summed E-state index contributed by atoms with van der Waals surface area (Å²) in [6.45, 7) is 5.81. The molecule has 0 saturated heterocycles. The van der Waals surface area contributed by atoms with E-state index in [9.17, 15) is 0 Å². The predicted octanol–water partition coefficient (Wildman–Crippen LogP) is 4.34. The molecule has 0 aromatic carbocycles. The second-order valence-electron chi connectivity index (χ2n) is 3.48. The van der Waals surface area contributed by atoms with Crippen molar-refractivity contribution in [3.8, 4) is 0 Å². The van der Waals surface area contributed by atoms with Gasteiger partial charge < -0.3 is 0 Å². The SMILES string of the molecule is C=C/C=C\C=C(/C)C1=CC=CCCC1. The first-order chi connectivity index (χ1) is 6.84. The fraction of sp³-hybridized carbons (Fsp3) is 0.286. The Hall–Kier alpha value is -1.30. The second kappa shape index (κ2) is 6.20. The van der Waals surface area contributed by atoms with E-state index in [1.54, 1.807) is 6.08 Å². The Kier molecular flexibility index (Phi) is 4.77. The number of hydrogen-bond donors (Lipinski definition) is 0. The Morgan fingerprint density at radius 1 is 1.43 bits per heavy atom. The van der Waals surface area contributed by atoms with E-state index in [4.69, 9.17) is 0 Å². The molecule has 0 aliphatic heterocycles. The fourth-order valence-electron chi connectivity index (χ4n) is 1.49. The molecule has 0 unspecified atom stereocenters. The minimum Gasteiger partial charge on any atom is -0.0991 e. The molecule has 1 rings (SSSR count). The van der Waals surface area contributed by atoms with Crippen LogP contribution in [0.5, 0.6) is 0 Å². The molecule has 0 amide bonds. The minimum atomic E-state index is 1.19. The van der Waals surface area contributed by atoms with Gasteiger partial charge in [0.25, 0.3) is 0 Å². The Labute approximate surface area is 87.0 Å². The maximum atomic E-state index is 3.64. The molecule has 0 heteroatoms. The third-order valence-corrected chi connectivity index (χ3v) is 2.35. The van der Waals surface area contributed by atoms with Crippen LogP contribution in [0.4, 0.5) is 0 Å². The fourth-order valence-corrected chi connectivity index (χ4v) is 1.49. The molecule has 1 aliphatic rings. The summed E-state index contributed by atoms with van der Waals surface area (Å²) in [4.78, 5) is 0. The van der Waals surface area contributed by atoms with Crippen LogP contribution in [-0.4, -0.2) is 0 Å². The lowest BCUT2D eigenvalue weighted by Crippen LogP contribution is -1.84. The quantitative estimate of drug-likeness (QED) is 0.575. The van der Waals surface area contributed by atoms with Crippen molar-refractivity contribution in [3.05, 3.63) is 60.3 Å². The van der Waals surface area contributed by atoms with Crippen molar-refractivity contribution in [2.75, 3.05) is 0 Å². The summed E-state index contributed by atoms with van der Waals surface area (Å²) < 4.78 is 0. The zero-order chi connectivity index (χ0) is 10.2. The molecule has 0 N–H and O–H groups in total. The average molecular weight is 186 g/mol. The van der Waals surface area contributed by atoms with Gasteiger partial charge in [-0.2, -0.15) is 0 Å². The molecule has 0 nitrogen and oxygen atoms in total. The Morgan fingerprint density at radius 3 is 3.07 bits per heavy atom. The van der Waals surface area contributed by atoms with Gasteiger partial charge in [0.2, 0.25) is 0 Å². The Bertz CT molecular complexity index is 298. The molecule has 0 spiro atoms. The van der Waals surface area contributed by atoms with Gasteiger partial charge in [-0.3, -0.25) is 0 Å². The van der Waals surface area contributed by atoms with Gasteiger partial charge in [-0.15, -0.1) is 0 Å². The normalized spacial score (nSPS) is 18.1. The van der Waals surface area contributed by atoms with Crippen LogP contribution in [0.1, 0.15) is 26.2 Å². The van der Waals surface area contributed by atoms with Gasteiger partial charge in [-0.1, -0.05) is 49.1 Å². The third-order valence-electron chi connectivity index (χ3n) is 2.35. The third kappa shape index (κ3) is 3.61. The van der Waals surface area contributed by atoms with E-state index in [0.717, 1.165) is 0 Å². The van der Waals surface area contributed by atoms with Crippen LogP contribution in [0, 0.1) is 0 Å². The molecule has 0 aromatic rings. The van der Waals surface area contributed by atoms with Crippen molar-refractivity contribution in [3.63, 3.8) is 0 Å². The molecule has 0 aromatic heterocycles. The standard InChI is InChI=1S/C14H18/c1-3-4-7-10-13(2)14-11-8-5-6-9-12-14/h3-5,7-8,10-11H,1,6,9,12H2,2H3/b7-4-,13-10+. The summed E-state index contributed by atoms with van der Waals surface area (Å²) in [5.41, 5.74) is 2.81. The number of hydrogen-bond acceptors (Lipinski definition) is 0. The maximum absolute atomic E-state index is 3.64. The maximum Gasteiger partial charge on any atom is -0.0273 e. The van der Waals surface area contributed by atoms with Crippen LogP contribution in [0.15, 0.2) is 60.3 Å². The van der Waals surface area contributed by atoms with E-state index < -0.39 is 0 Å². The van der Waals surface area contributed by atoms with Gasteiger partial charge in [-0.05, 0) is 37.3 Å². The van der Waals surface area contributed by atoms with Gasteiger partial charge in [0, 0.05) is 0 Å². The van der Waals surface area contributed by atoms with Gasteiger partial charge >= 0.3 is 0 Å². The highest BCUT2D eigenvalue weighted by atomic mass is 14.1. The molecule has 74 valence electrons. The highest BCUT2D eigenvalue weighted by Crippen LogP contribution is 2.19. The van der Waals surface area contributed by atoms with Crippen molar-refractivity contribution in [1.29, 1.82) is 0 Å². The highest BCUT2D eigenvalue weighted by Gasteiger charge is 2.00. The lowest BCUT2D eigenvalue weighted by molar-refractivity contribution is 0.846. The van der Waals surface area contributed by atoms with E-state index in [1.807, 2.05) is 12.2 Å². The van der Waals surface area contributed by atoms with Crippen molar-refractivity contribution >= 4 is 0 Å². The predicted molar refractivity (Wildman–Crippen MR) is 64.2 cm³/mol. The first-order valence-electron chi connectivity index (χ1n) is 5.16. The van der Waals surface area contributed by atoms with E-state index in [1.165, 1.54) is 30.4 Å². The zero-order valence-electron chi connectivity index (χ0n) is 8.87. The first-order valence-corrected chi connectivity index (χ1v) is 5.16. The summed E-state index contributed by atoms with van der Waals surface area (Å²) in [6.07, 6.45) is 18.2. The van der Waals surface area contributed by atoms with Crippen molar-refractivity contribution in [2.45, 2.75) is 26.2 Å². The molecule has 0 bridgehead atoms. The molecule has 1 aliphatic carbocycles. The molecule has 0 heterocycles. The molecular weight excluding hydrogens is 168 g/mol. The summed E-state index contributed by atoms with van der Waals surface area (Å²) in [5.74, 6) is 0. The Balaban J connectivity index is 2.67. The second-order valence-corrected chi connectivity index (χ2v) is 3.48. The van der Waals surface area contributed by atoms with Crippen molar-refractivity contribution in [2.24, 2.45) is 0 Å². The summed E-state index contributed by atoms with van der Waals surface area (Å²) in [7, 11) is 0. The van der Waals surface area contributed by atoms with E-state index in [2.05, 4.69) is 37.8 Å². The first kappa shape index (κ1) is 10.8. The number of rotatable bonds is 3. The molecule has 0 saturated carbocycles. The summed E-state index contributed by atoms with van der Waals surface area (Å²) >= 11 is 0. The van der Waals surface area contributed by atoms with E-state index >= 15 is 0 Å². The van der Waals surface area contributed by atoms with Crippen molar-refractivity contribution in [1.82, 2.24) is 0 Å². The van der Waals surface area contributed by atoms with Crippen LogP contribution >= 0.6 is 0 Å². The largest absolute Gasteiger partial charge is 0.0991 e. The average Bonchev–Trinajstić information content (AvgIpc) is 2.46. The van der Waals surface area contributed by atoms with Crippen molar-refractivity contribution < 1.29 is 0 Å². The van der Waals surface area contributed by atoms with Crippen LogP contribution in [0.3, 0.4) is 0 Å². The smallest absolute Gasteiger partial charge is 0.0273 e. The van der Waals surface area contributed by atoms with Gasteiger partial charge in [0.1, 0.15) is 0 Å². The van der Waals surface area contributed by atoms with Gasteiger partial charge in [-0.25, -0.2) is 0 Å². The lowest BCUT2D eigenvalue weighted by Gasteiger charge is -2.03. The molecule has 0 fully saturated rings. The number of allylic oxidation sites excluding steroid dienone is 9. The zero-order valence-corrected chi connectivity index (χ0v) is 8.87. The summed E-state index contributed by atoms with van der Waals surface area (Å²) in [6, 6.07) is 0. The monoisotopic (exact) mass is 186 g/mol. The van der Waals surface area contributed by atoms with E-state index in [-0.39, 0.29) is 0 Å². The minimum absolute atomic E-state index is 1.19. The van der Waals surface area contributed by atoms with Crippen LogP contribution in [0.25, 0.3) is 0 Å². The summed E-state index contributed by atoms with van der Waals surface area (Å²) in [5, 5.41) is 0. The van der Waals surface area contributed by atoms with Crippen LogP contribution < -0.4 is 0 Å². The molecular formula is C14H18. The Morgan fingerprint density at radius 2 is 2.29 bits per heavy atom. The highest BCUT2D eigenvalue weighted by molar-refractivity contribution is 5.35. The molecule has 0 atom stereocenters. The molecule has 14 heavy (non-hydrogen) atoms. The van der Waals surface area contributed by atoms with Gasteiger partial charge in [0.05, 0.1) is 0 Å².